The highest BCUT2D eigenvalue weighted by Gasteiger charge is 2.52. The van der Waals surface area contributed by atoms with Crippen LogP contribution >= 0.6 is 0 Å². The molecule has 3 aliphatic heterocycles. The Morgan fingerprint density at radius 3 is 2.73 bits per heavy atom. The number of carbonyl (C=O) groups is 2. The molecule has 1 spiro atoms. The number of fused-ring (bicyclic) bond motifs is 2. The van der Waals surface area contributed by atoms with E-state index in [2.05, 4.69) is 15.5 Å². The summed E-state index contributed by atoms with van der Waals surface area (Å²) in [5, 5.41) is 14.8. The number of aliphatic hydroxyl groups excluding tert-OH is 1. The zero-order valence-corrected chi connectivity index (χ0v) is 14.7. The molecular weight excluding hydrogens is 334 g/mol. The second-order valence-corrected chi connectivity index (χ2v) is 7.47. The number of hydrogen-bond donors (Lipinski definition) is 3. The standard InChI is InChI=1S/C19H25N3O4/c23-13-7-10-22(11-8-13)9-3-4-14-12-19(17(24)20-18(25)21-19)15-5-1-2-6-16(15)26-14/h1-2,5-6,13-14,23H,3-4,7-12H2,(H2,20,21,24,25). The summed E-state index contributed by atoms with van der Waals surface area (Å²) in [6.07, 6.45) is 3.61. The summed E-state index contributed by atoms with van der Waals surface area (Å²) in [7, 11) is 0. The Kier molecular flexibility index (Phi) is 4.58. The number of ether oxygens (including phenoxy) is 1. The number of imide groups is 1. The van der Waals surface area contributed by atoms with E-state index < -0.39 is 11.6 Å². The van der Waals surface area contributed by atoms with Gasteiger partial charge < -0.3 is 20.1 Å². The lowest BCUT2D eigenvalue weighted by molar-refractivity contribution is -0.126. The van der Waals surface area contributed by atoms with Crippen molar-refractivity contribution in [2.75, 3.05) is 19.6 Å². The first kappa shape index (κ1) is 17.3. The number of rotatable bonds is 4. The lowest BCUT2D eigenvalue weighted by Crippen LogP contribution is -2.50. The van der Waals surface area contributed by atoms with Crippen molar-refractivity contribution >= 4 is 11.9 Å². The van der Waals surface area contributed by atoms with Crippen LogP contribution < -0.4 is 15.4 Å². The zero-order valence-electron chi connectivity index (χ0n) is 14.7. The first-order chi connectivity index (χ1) is 12.6. The van der Waals surface area contributed by atoms with E-state index in [0.29, 0.717) is 12.2 Å². The van der Waals surface area contributed by atoms with Crippen molar-refractivity contribution in [3.05, 3.63) is 29.8 Å². The van der Waals surface area contributed by atoms with E-state index >= 15 is 0 Å². The molecule has 3 heterocycles. The minimum absolute atomic E-state index is 0.121. The van der Waals surface area contributed by atoms with E-state index in [9.17, 15) is 14.7 Å². The molecule has 3 amide bonds. The number of likely N-dealkylation sites (tertiary alicyclic amines) is 1. The van der Waals surface area contributed by atoms with Crippen LogP contribution in [-0.4, -0.2) is 53.8 Å². The van der Waals surface area contributed by atoms with Crippen LogP contribution in [0.5, 0.6) is 5.75 Å². The van der Waals surface area contributed by atoms with Gasteiger partial charge in [0.15, 0.2) is 5.54 Å². The molecule has 0 aromatic heterocycles. The van der Waals surface area contributed by atoms with Crippen LogP contribution in [0.3, 0.4) is 0 Å². The van der Waals surface area contributed by atoms with Crippen molar-refractivity contribution in [2.24, 2.45) is 0 Å². The SMILES string of the molecule is O=C1NC(=O)C2(CC(CCCN3CCC(O)CC3)Oc3ccccc32)N1. The molecule has 2 atom stereocenters. The van der Waals surface area contributed by atoms with Gasteiger partial charge in [0.1, 0.15) is 11.9 Å². The van der Waals surface area contributed by atoms with Gasteiger partial charge in [-0.15, -0.1) is 0 Å². The minimum Gasteiger partial charge on any atom is -0.490 e. The fraction of sp³-hybridized carbons (Fsp3) is 0.579. The number of para-hydroxylation sites is 1. The van der Waals surface area contributed by atoms with Crippen LogP contribution in [0.1, 0.15) is 37.7 Å². The van der Waals surface area contributed by atoms with Gasteiger partial charge in [-0.2, -0.15) is 0 Å². The molecule has 3 N–H and O–H groups in total. The van der Waals surface area contributed by atoms with Gasteiger partial charge >= 0.3 is 6.03 Å². The highest BCUT2D eigenvalue weighted by Crippen LogP contribution is 2.42. The molecule has 1 aromatic carbocycles. The molecule has 7 nitrogen and oxygen atoms in total. The normalized spacial score (nSPS) is 29.2. The molecule has 1 aromatic rings. The number of nitrogens with zero attached hydrogens (tertiary/aromatic N) is 1. The molecule has 4 rings (SSSR count). The summed E-state index contributed by atoms with van der Waals surface area (Å²) in [4.78, 5) is 26.7. The topological polar surface area (TPSA) is 90.9 Å². The molecule has 2 unspecified atom stereocenters. The molecule has 7 heteroatoms. The van der Waals surface area contributed by atoms with Crippen molar-refractivity contribution < 1.29 is 19.4 Å². The second-order valence-electron chi connectivity index (χ2n) is 7.47. The predicted molar refractivity (Wildman–Crippen MR) is 94.7 cm³/mol. The van der Waals surface area contributed by atoms with Crippen molar-refractivity contribution in [3.63, 3.8) is 0 Å². The Morgan fingerprint density at radius 1 is 1.23 bits per heavy atom. The van der Waals surface area contributed by atoms with Gasteiger partial charge in [-0.25, -0.2) is 4.79 Å². The summed E-state index contributed by atoms with van der Waals surface area (Å²) < 4.78 is 6.12. The molecule has 0 bridgehead atoms. The van der Waals surface area contributed by atoms with E-state index in [0.717, 1.165) is 50.9 Å². The van der Waals surface area contributed by atoms with Gasteiger partial charge in [0, 0.05) is 25.1 Å². The van der Waals surface area contributed by atoms with Gasteiger partial charge in [0.25, 0.3) is 5.91 Å². The van der Waals surface area contributed by atoms with Gasteiger partial charge in [-0.1, -0.05) is 18.2 Å². The molecule has 0 saturated carbocycles. The lowest BCUT2D eigenvalue weighted by atomic mass is 9.81. The first-order valence-corrected chi connectivity index (χ1v) is 9.37. The molecule has 0 aliphatic carbocycles. The minimum atomic E-state index is -1.02. The number of benzene rings is 1. The van der Waals surface area contributed by atoms with Gasteiger partial charge in [-0.05, 0) is 38.3 Å². The summed E-state index contributed by atoms with van der Waals surface area (Å²) in [5.74, 6) is 0.371. The number of carbonyl (C=O) groups excluding carboxylic acids is 2. The molecule has 3 aliphatic rings. The third-order valence-corrected chi connectivity index (χ3v) is 5.67. The van der Waals surface area contributed by atoms with E-state index in [1.54, 1.807) is 0 Å². The average molecular weight is 359 g/mol. The monoisotopic (exact) mass is 359 g/mol. The third-order valence-electron chi connectivity index (χ3n) is 5.67. The van der Waals surface area contributed by atoms with E-state index in [1.807, 2.05) is 24.3 Å². The van der Waals surface area contributed by atoms with Gasteiger partial charge in [0.2, 0.25) is 0 Å². The summed E-state index contributed by atoms with van der Waals surface area (Å²) in [6, 6.07) is 6.98. The summed E-state index contributed by atoms with van der Waals surface area (Å²) in [6.45, 7) is 2.82. The fourth-order valence-electron chi connectivity index (χ4n) is 4.27. The maximum atomic E-state index is 12.5. The fourth-order valence-corrected chi connectivity index (χ4v) is 4.27. The molecule has 26 heavy (non-hydrogen) atoms. The van der Waals surface area contributed by atoms with Crippen molar-refractivity contribution in [2.45, 2.75) is 49.9 Å². The van der Waals surface area contributed by atoms with Crippen molar-refractivity contribution in [1.82, 2.24) is 15.5 Å². The predicted octanol–water partition coefficient (Wildman–Crippen LogP) is 1.11. The van der Waals surface area contributed by atoms with Crippen LogP contribution in [0.4, 0.5) is 4.79 Å². The van der Waals surface area contributed by atoms with Crippen LogP contribution in [-0.2, 0) is 10.3 Å². The largest absolute Gasteiger partial charge is 0.490 e. The van der Waals surface area contributed by atoms with Crippen LogP contribution in [0.2, 0.25) is 0 Å². The summed E-state index contributed by atoms with van der Waals surface area (Å²) >= 11 is 0. The van der Waals surface area contributed by atoms with Crippen molar-refractivity contribution in [1.29, 1.82) is 0 Å². The number of piperidine rings is 1. The number of hydrogen-bond acceptors (Lipinski definition) is 5. The Balaban J connectivity index is 1.43. The maximum absolute atomic E-state index is 12.5. The molecule has 140 valence electrons. The molecule has 2 fully saturated rings. The Morgan fingerprint density at radius 2 is 2.00 bits per heavy atom. The van der Waals surface area contributed by atoms with E-state index in [4.69, 9.17) is 4.74 Å². The van der Waals surface area contributed by atoms with Crippen LogP contribution in [0, 0.1) is 0 Å². The Hall–Kier alpha value is -2.12. The quantitative estimate of drug-likeness (QED) is 0.701. The zero-order chi connectivity index (χ0) is 18.1. The smallest absolute Gasteiger partial charge is 0.322 e. The highest BCUT2D eigenvalue weighted by molar-refractivity contribution is 6.07. The van der Waals surface area contributed by atoms with Gasteiger partial charge in [0.05, 0.1) is 6.10 Å². The second kappa shape index (κ2) is 6.89. The average Bonchev–Trinajstić information content (AvgIpc) is 2.90. The Bertz CT molecular complexity index is 702. The lowest BCUT2D eigenvalue weighted by Gasteiger charge is -2.38. The summed E-state index contributed by atoms with van der Waals surface area (Å²) in [5.41, 5.74) is -0.295. The van der Waals surface area contributed by atoms with Crippen LogP contribution in [0.25, 0.3) is 0 Å². The van der Waals surface area contributed by atoms with Crippen molar-refractivity contribution in [3.8, 4) is 5.75 Å². The first-order valence-electron chi connectivity index (χ1n) is 9.37. The number of amides is 3. The maximum Gasteiger partial charge on any atom is 0.322 e. The van der Waals surface area contributed by atoms with Gasteiger partial charge in [-0.3, -0.25) is 10.1 Å². The molecular formula is C19H25N3O4. The third kappa shape index (κ3) is 3.17. The van der Waals surface area contributed by atoms with E-state index in [-0.39, 0.29) is 18.1 Å². The van der Waals surface area contributed by atoms with E-state index in [1.165, 1.54) is 0 Å². The van der Waals surface area contributed by atoms with Crippen LogP contribution in [0.15, 0.2) is 24.3 Å². The Labute approximate surface area is 152 Å². The molecule has 0 radical (unpaired) electrons. The number of aliphatic hydroxyl groups is 1. The highest BCUT2D eigenvalue weighted by atomic mass is 16.5. The number of urea groups is 1. The molecule has 2 saturated heterocycles. The number of nitrogens with one attached hydrogen (secondary N) is 2.